The van der Waals surface area contributed by atoms with Crippen molar-refractivity contribution in [1.82, 2.24) is 14.6 Å². The minimum absolute atomic E-state index is 0.300. The summed E-state index contributed by atoms with van der Waals surface area (Å²) >= 11 is 0. The SMILES string of the molecule is Cc1nc2ccccc2n2c1c(O)n[n+]2[O-]. The molecule has 0 saturated heterocycles. The molecule has 0 fully saturated rings. The lowest BCUT2D eigenvalue weighted by molar-refractivity contribution is -0.731. The molecule has 6 heteroatoms. The van der Waals surface area contributed by atoms with Gasteiger partial charge in [0.15, 0.2) is 5.52 Å². The maximum atomic E-state index is 11.5. The standard InChI is InChI=1S/C10H8N4O2/c1-6-9-10(15)12-14(16)13(9)8-5-3-2-4-7(8)11-6/h2-5,15H,1H3. The van der Waals surface area contributed by atoms with Gasteiger partial charge in [0.05, 0.1) is 21.3 Å². The Bertz CT molecular complexity index is 705. The highest BCUT2D eigenvalue weighted by molar-refractivity contribution is 5.79. The lowest BCUT2D eigenvalue weighted by Crippen LogP contribution is -2.36. The van der Waals surface area contributed by atoms with Crippen molar-refractivity contribution in [1.29, 1.82) is 0 Å². The number of nitrogens with zero attached hydrogens (tertiary/aromatic N) is 4. The zero-order chi connectivity index (χ0) is 11.3. The van der Waals surface area contributed by atoms with E-state index < -0.39 is 0 Å². The summed E-state index contributed by atoms with van der Waals surface area (Å²) < 4.78 is 1.30. The van der Waals surface area contributed by atoms with Crippen LogP contribution in [0.3, 0.4) is 0 Å². The quantitative estimate of drug-likeness (QED) is 0.439. The monoisotopic (exact) mass is 216 g/mol. The predicted octanol–water partition coefficient (Wildman–Crippen LogP) is 0.530. The van der Waals surface area contributed by atoms with Gasteiger partial charge in [-0.2, -0.15) is 0 Å². The van der Waals surface area contributed by atoms with Crippen molar-refractivity contribution >= 4 is 16.6 Å². The first kappa shape index (κ1) is 8.90. The van der Waals surface area contributed by atoms with E-state index in [0.29, 0.717) is 27.2 Å². The number of aryl methyl sites for hydroxylation is 1. The number of hydrogen-bond acceptors (Lipinski definition) is 4. The third kappa shape index (κ3) is 0.979. The summed E-state index contributed by atoms with van der Waals surface area (Å²) in [6, 6.07) is 7.20. The molecule has 16 heavy (non-hydrogen) atoms. The highest BCUT2D eigenvalue weighted by Gasteiger charge is 2.19. The van der Waals surface area contributed by atoms with E-state index in [1.807, 2.05) is 6.07 Å². The van der Waals surface area contributed by atoms with E-state index in [0.717, 1.165) is 0 Å². The Labute approximate surface area is 89.9 Å². The van der Waals surface area contributed by atoms with Crippen molar-refractivity contribution in [2.24, 2.45) is 0 Å². The maximum Gasteiger partial charge on any atom is 0.313 e. The molecule has 6 nitrogen and oxygen atoms in total. The second kappa shape index (κ2) is 2.82. The zero-order valence-electron chi connectivity index (χ0n) is 8.45. The van der Waals surface area contributed by atoms with E-state index in [9.17, 15) is 10.3 Å². The molecule has 0 amide bonds. The van der Waals surface area contributed by atoms with E-state index in [2.05, 4.69) is 10.1 Å². The third-order valence-corrected chi connectivity index (χ3v) is 2.52. The molecule has 3 rings (SSSR count). The summed E-state index contributed by atoms with van der Waals surface area (Å²) in [7, 11) is 0. The maximum absolute atomic E-state index is 11.5. The van der Waals surface area contributed by atoms with Crippen LogP contribution in [0.5, 0.6) is 5.88 Å². The first-order valence-corrected chi connectivity index (χ1v) is 4.75. The van der Waals surface area contributed by atoms with Crippen LogP contribution < -0.4 is 4.96 Å². The van der Waals surface area contributed by atoms with Gasteiger partial charge in [-0.05, 0) is 19.1 Å². The molecule has 3 aromatic rings. The van der Waals surface area contributed by atoms with E-state index >= 15 is 0 Å². The van der Waals surface area contributed by atoms with Gasteiger partial charge in [0.1, 0.15) is 5.52 Å². The molecule has 0 saturated carbocycles. The van der Waals surface area contributed by atoms with Crippen molar-refractivity contribution in [3.05, 3.63) is 35.2 Å². The number of fused-ring (bicyclic) bond motifs is 3. The van der Waals surface area contributed by atoms with Crippen LogP contribution in [-0.4, -0.2) is 19.7 Å². The lowest BCUT2D eigenvalue weighted by Gasteiger charge is -2.01. The van der Waals surface area contributed by atoms with Crippen LogP contribution in [0.15, 0.2) is 24.3 Å². The first-order chi connectivity index (χ1) is 7.68. The second-order valence-electron chi connectivity index (χ2n) is 3.52. The predicted molar refractivity (Wildman–Crippen MR) is 55.9 cm³/mol. The fourth-order valence-electron chi connectivity index (χ4n) is 1.85. The molecule has 0 unspecified atom stereocenters. The first-order valence-electron chi connectivity index (χ1n) is 4.75. The molecule has 0 atom stereocenters. The van der Waals surface area contributed by atoms with Gasteiger partial charge in [-0.15, -0.1) is 0 Å². The molecule has 2 aromatic heterocycles. The van der Waals surface area contributed by atoms with Gasteiger partial charge < -0.3 is 10.3 Å². The van der Waals surface area contributed by atoms with Crippen molar-refractivity contribution in [2.45, 2.75) is 6.92 Å². The molecule has 1 N–H and O–H groups in total. The minimum Gasteiger partial charge on any atom is -0.570 e. The van der Waals surface area contributed by atoms with E-state index in [1.165, 1.54) is 4.52 Å². The van der Waals surface area contributed by atoms with E-state index in [4.69, 9.17) is 0 Å². The Morgan fingerprint density at radius 3 is 2.94 bits per heavy atom. The minimum atomic E-state index is -0.300. The lowest BCUT2D eigenvalue weighted by atomic mass is 10.3. The van der Waals surface area contributed by atoms with Crippen molar-refractivity contribution in [3.8, 4) is 5.88 Å². The zero-order valence-corrected chi connectivity index (χ0v) is 8.45. The van der Waals surface area contributed by atoms with Crippen molar-refractivity contribution in [2.75, 3.05) is 0 Å². The molecule has 0 aliphatic heterocycles. The topological polar surface area (TPSA) is 77.4 Å². The van der Waals surface area contributed by atoms with Crippen LogP contribution in [-0.2, 0) is 0 Å². The summed E-state index contributed by atoms with van der Waals surface area (Å²) in [6.07, 6.45) is 0. The summed E-state index contributed by atoms with van der Waals surface area (Å²) in [5.41, 5.74) is 2.22. The van der Waals surface area contributed by atoms with Gasteiger partial charge in [0.25, 0.3) is 0 Å². The van der Waals surface area contributed by atoms with Gasteiger partial charge in [0, 0.05) is 0 Å². The summed E-state index contributed by atoms with van der Waals surface area (Å²) in [5.74, 6) is -0.300. The average Bonchev–Trinajstić information content (AvgIpc) is 2.55. The van der Waals surface area contributed by atoms with Crippen LogP contribution >= 0.6 is 0 Å². The van der Waals surface area contributed by atoms with Gasteiger partial charge >= 0.3 is 5.88 Å². The summed E-state index contributed by atoms with van der Waals surface area (Å²) in [6.45, 7) is 1.73. The molecule has 0 spiro atoms. The Morgan fingerprint density at radius 2 is 2.12 bits per heavy atom. The molecule has 0 aliphatic carbocycles. The normalized spacial score (nSPS) is 11.3. The highest BCUT2D eigenvalue weighted by Crippen LogP contribution is 2.21. The van der Waals surface area contributed by atoms with Gasteiger partial charge in [-0.1, -0.05) is 16.6 Å². The molecular formula is C10H8N4O2. The summed E-state index contributed by atoms with van der Waals surface area (Å²) in [5, 5.41) is 24.5. The fraction of sp³-hybridized carbons (Fsp3) is 0.100. The van der Waals surface area contributed by atoms with Crippen LogP contribution in [0.25, 0.3) is 16.6 Å². The Balaban J connectivity index is 2.68. The number of aromatic hydroxyl groups is 1. The molecular weight excluding hydrogens is 208 g/mol. The van der Waals surface area contributed by atoms with Gasteiger partial charge in [0.2, 0.25) is 0 Å². The van der Waals surface area contributed by atoms with Crippen molar-refractivity contribution in [3.63, 3.8) is 0 Å². The smallest absolute Gasteiger partial charge is 0.313 e. The van der Waals surface area contributed by atoms with Crippen LogP contribution in [0.1, 0.15) is 5.69 Å². The molecule has 0 radical (unpaired) electrons. The van der Waals surface area contributed by atoms with E-state index in [-0.39, 0.29) is 5.88 Å². The summed E-state index contributed by atoms with van der Waals surface area (Å²) in [4.78, 5) is 4.67. The molecule has 80 valence electrons. The molecule has 1 aromatic carbocycles. The molecule has 2 heterocycles. The van der Waals surface area contributed by atoms with Gasteiger partial charge in [-0.3, -0.25) is 0 Å². The Hall–Kier alpha value is -2.37. The van der Waals surface area contributed by atoms with Crippen molar-refractivity contribution < 1.29 is 10.1 Å². The average molecular weight is 216 g/mol. The number of hydrogen-bond donors (Lipinski definition) is 1. The second-order valence-corrected chi connectivity index (χ2v) is 3.52. The Kier molecular flexibility index (Phi) is 1.57. The number of para-hydroxylation sites is 2. The molecule has 0 aliphatic rings. The number of aromatic nitrogens is 4. The van der Waals surface area contributed by atoms with Crippen LogP contribution in [0, 0.1) is 12.1 Å². The van der Waals surface area contributed by atoms with Crippen LogP contribution in [0.2, 0.25) is 0 Å². The number of benzene rings is 1. The van der Waals surface area contributed by atoms with Crippen LogP contribution in [0.4, 0.5) is 0 Å². The highest BCUT2D eigenvalue weighted by atomic mass is 16.5. The van der Waals surface area contributed by atoms with Gasteiger partial charge in [-0.25, -0.2) is 4.98 Å². The number of rotatable bonds is 0. The largest absolute Gasteiger partial charge is 0.570 e. The fourth-order valence-corrected chi connectivity index (χ4v) is 1.85. The Morgan fingerprint density at radius 1 is 1.38 bits per heavy atom. The third-order valence-electron chi connectivity index (χ3n) is 2.52. The van der Waals surface area contributed by atoms with E-state index in [1.54, 1.807) is 25.1 Å². The molecule has 0 bridgehead atoms.